The number of carbonyl (C=O) groups is 1. The number of rotatable bonds is 6. The Morgan fingerprint density at radius 1 is 1.35 bits per heavy atom. The van der Waals surface area contributed by atoms with Crippen molar-refractivity contribution in [2.24, 2.45) is 5.92 Å². The average molecular weight is 357 g/mol. The monoisotopic (exact) mass is 357 g/mol. The van der Waals surface area contributed by atoms with E-state index in [9.17, 15) is 4.79 Å². The quantitative estimate of drug-likeness (QED) is 0.844. The SMILES string of the molecule is CN(C)c1ccncc1C(=O)NC[C@@H]1CCO[C@@H]1c1nc(C2CC2)no1. The van der Waals surface area contributed by atoms with Gasteiger partial charge in [0, 0.05) is 51.5 Å². The summed E-state index contributed by atoms with van der Waals surface area (Å²) in [4.78, 5) is 23.1. The molecule has 1 aliphatic carbocycles. The number of amides is 1. The van der Waals surface area contributed by atoms with Crippen molar-refractivity contribution in [1.29, 1.82) is 0 Å². The van der Waals surface area contributed by atoms with Crippen LogP contribution in [0.4, 0.5) is 5.69 Å². The zero-order valence-corrected chi connectivity index (χ0v) is 15.0. The fourth-order valence-corrected chi connectivity index (χ4v) is 3.26. The highest BCUT2D eigenvalue weighted by Crippen LogP contribution is 2.40. The Morgan fingerprint density at radius 2 is 2.19 bits per heavy atom. The lowest BCUT2D eigenvalue weighted by Gasteiger charge is -2.18. The van der Waals surface area contributed by atoms with E-state index in [2.05, 4.69) is 20.4 Å². The fraction of sp³-hybridized carbons (Fsp3) is 0.556. The first-order valence-corrected chi connectivity index (χ1v) is 8.98. The smallest absolute Gasteiger partial charge is 0.256 e. The predicted molar refractivity (Wildman–Crippen MR) is 94.0 cm³/mol. The molecule has 0 bridgehead atoms. The van der Waals surface area contributed by atoms with Crippen molar-refractivity contribution in [3.63, 3.8) is 0 Å². The zero-order valence-electron chi connectivity index (χ0n) is 15.0. The van der Waals surface area contributed by atoms with E-state index in [1.807, 2.05) is 25.1 Å². The van der Waals surface area contributed by atoms with Gasteiger partial charge in [0.2, 0.25) is 0 Å². The number of anilines is 1. The molecule has 8 heteroatoms. The molecule has 1 saturated heterocycles. The highest BCUT2D eigenvalue weighted by atomic mass is 16.5. The Balaban J connectivity index is 1.41. The third-order valence-electron chi connectivity index (χ3n) is 4.91. The van der Waals surface area contributed by atoms with E-state index in [0.717, 1.165) is 30.8 Å². The number of nitrogens with zero attached hydrogens (tertiary/aromatic N) is 4. The molecule has 0 unspecified atom stereocenters. The van der Waals surface area contributed by atoms with Crippen LogP contribution in [0.15, 0.2) is 23.0 Å². The molecule has 2 aromatic heterocycles. The lowest BCUT2D eigenvalue weighted by atomic mass is 10.0. The molecule has 26 heavy (non-hydrogen) atoms. The second-order valence-corrected chi connectivity index (χ2v) is 7.10. The van der Waals surface area contributed by atoms with E-state index in [0.29, 0.717) is 30.5 Å². The van der Waals surface area contributed by atoms with Crippen molar-refractivity contribution in [3.8, 4) is 0 Å². The Labute approximate surface area is 151 Å². The predicted octanol–water partition coefficient (Wildman–Crippen LogP) is 1.92. The first-order valence-electron chi connectivity index (χ1n) is 8.98. The van der Waals surface area contributed by atoms with Gasteiger partial charge in [-0.25, -0.2) is 0 Å². The molecule has 0 aromatic carbocycles. The van der Waals surface area contributed by atoms with Gasteiger partial charge in [0.25, 0.3) is 11.8 Å². The molecule has 0 radical (unpaired) electrons. The van der Waals surface area contributed by atoms with Gasteiger partial charge in [-0.1, -0.05) is 5.16 Å². The first kappa shape index (κ1) is 17.0. The molecule has 1 saturated carbocycles. The molecule has 1 amide bonds. The van der Waals surface area contributed by atoms with Crippen LogP contribution in [0, 0.1) is 5.92 Å². The topological polar surface area (TPSA) is 93.4 Å². The lowest BCUT2D eigenvalue weighted by Crippen LogP contribution is -2.31. The van der Waals surface area contributed by atoms with Crippen molar-refractivity contribution in [3.05, 3.63) is 35.7 Å². The maximum Gasteiger partial charge on any atom is 0.256 e. The molecule has 8 nitrogen and oxygen atoms in total. The molecular formula is C18H23N5O3. The van der Waals surface area contributed by atoms with E-state index in [1.54, 1.807) is 12.4 Å². The first-order chi connectivity index (χ1) is 12.6. The summed E-state index contributed by atoms with van der Waals surface area (Å²) in [7, 11) is 3.81. The second kappa shape index (κ2) is 7.03. The van der Waals surface area contributed by atoms with Gasteiger partial charge in [0.15, 0.2) is 5.82 Å². The summed E-state index contributed by atoms with van der Waals surface area (Å²) < 4.78 is 11.2. The van der Waals surface area contributed by atoms with Crippen LogP contribution in [0.1, 0.15) is 53.4 Å². The third-order valence-corrected chi connectivity index (χ3v) is 4.91. The van der Waals surface area contributed by atoms with Gasteiger partial charge in [0.05, 0.1) is 11.3 Å². The summed E-state index contributed by atoms with van der Waals surface area (Å²) in [6, 6.07) is 1.83. The van der Waals surface area contributed by atoms with Crippen molar-refractivity contribution >= 4 is 11.6 Å². The highest BCUT2D eigenvalue weighted by Gasteiger charge is 2.36. The van der Waals surface area contributed by atoms with Crippen LogP contribution in [0.5, 0.6) is 0 Å². The average Bonchev–Trinajstić information content (AvgIpc) is 3.19. The van der Waals surface area contributed by atoms with Gasteiger partial charge in [-0.3, -0.25) is 9.78 Å². The van der Waals surface area contributed by atoms with Gasteiger partial charge in [-0.05, 0) is 25.3 Å². The van der Waals surface area contributed by atoms with Crippen molar-refractivity contribution in [2.45, 2.75) is 31.3 Å². The van der Waals surface area contributed by atoms with Crippen LogP contribution in [-0.4, -0.2) is 48.3 Å². The van der Waals surface area contributed by atoms with Crippen LogP contribution in [-0.2, 0) is 4.74 Å². The van der Waals surface area contributed by atoms with Crippen LogP contribution in [0.2, 0.25) is 0 Å². The standard InChI is InChI=1S/C18H23N5O3/c1-23(2)14-5-7-19-10-13(14)17(24)20-9-12-6-8-25-15(12)18-21-16(22-26-18)11-3-4-11/h5,7,10-12,15H,3-4,6,8-9H2,1-2H3,(H,20,24)/t12-,15-/m0/s1. The zero-order chi connectivity index (χ0) is 18.1. The summed E-state index contributed by atoms with van der Waals surface area (Å²) >= 11 is 0. The van der Waals surface area contributed by atoms with Crippen LogP contribution < -0.4 is 10.2 Å². The minimum atomic E-state index is -0.252. The van der Waals surface area contributed by atoms with Crippen molar-refractivity contribution in [1.82, 2.24) is 20.4 Å². The minimum Gasteiger partial charge on any atom is -0.377 e. The van der Waals surface area contributed by atoms with Gasteiger partial charge in [-0.15, -0.1) is 0 Å². The molecule has 4 rings (SSSR count). The molecule has 2 aliphatic rings. The fourth-order valence-electron chi connectivity index (χ4n) is 3.26. The molecule has 2 aromatic rings. The van der Waals surface area contributed by atoms with E-state index < -0.39 is 0 Å². The van der Waals surface area contributed by atoms with E-state index in [-0.39, 0.29) is 17.9 Å². The second-order valence-electron chi connectivity index (χ2n) is 7.10. The molecule has 3 heterocycles. The summed E-state index contributed by atoms with van der Waals surface area (Å²) in [5.74, 6) is 1.73. The number of pyridine rings is 1. The van der Waals surface area contributed by atoms with E-state index >= 15 is 0 Å². The number of hydrogen-bond donors (Lipinski definition) is 1. The molecule has 138 valence electrons. The van der Waals surface area contributed by atoms with Gasteiger partial charge >= 0.3 is 0 Å². The molecule has 0 spiro atoms. The van der Waals surface area contributed by atoms with Gasteiger partial charge in [-0.2, -0.15) is 4.98 Å². The summed E-state index contributed by atoms with van der Waals surface area (Å²) in [5, 5.41) is 7.07. The summed E-state index contributed by atoms with van der Waals surface area (Å²) in [6.07, 6.45) is 6.12. The lowest BCUT2D eigenvalue weighted by molar-refractivity contribution is 0.0613. The van der Waals surface area contributed by atoms with Crippen LogP contribution >= 0.6 is 0 Å². The molecule has 2 fully saturated rings. The Kier molecular flexibility index (Phi) is 4.58. The minimum absolute atomic E-state index is 0.117. The number of ether oxygens (including phenoxy) is 1. The van der Waals surface area contributed by atoms with Crippen molar-refractivity contribution in [2.75, 3.05) is 32.1 Å². The third kappa shape index (κ3) is 3.41. The maximum atomic E-state index is 12.6. The Bertz CT molecular complexity index is 787. The Hall–Kier alpha value is -2.48. The maximum absolute atomic E-state index is 12.6. The Morgan fingerprint density at radius 3 is 2.96 bits per heavy atom. The van der Waals surface area contributed by atoms with Crippen LogP contribution in [0.3, 0.4) is 0 Å². The number of hydrogen-bond acceptors (Lipinski definition) is 7. The van der Waals surface area contributed by atoms with Gasteiger partial charge in [0.1, 0.15) is 6.10 Å². The van der Waals surface area contributed by atoms with E-state index in [1.165, 1.54) is 0 Å². The number of carbonyl (C=O) groups excluding carboxylic acids is 1. The highest BCUT2D eigenvalue weighted by molar-refractivity contribution is 5.99. The summed E-state index contributed by atoms with van der Waals surface area (Å²) in [6.45, 7) is 1.12. The van der Waals surface area contributed by atoms with Gasteiger partial charge < -0.3 is 19.5 Å². The molecule has 1 aliphatic heterocycles. The molecule has 1 N–H and O–H groups in total. The molecule has 2 atom stereocenters. The largest absolute Gasteiger partial charge is 0.377 e. The van der Waals surface area contributed by atoms with Crippen molar-refractivity contribution < 1.29 is 14.1 Å². The van der Waals surface area contributed by atoms with Crippen LogP contribution in [0.25, 0.3) is 0 Å². The normalized spacial score (nSPS) is 22.4. The van der Waals surface area contributed by atoms with E-state index in [4.69, 9.17) is 9.26 Å². The summed E-state index contributed by atoms with van der Waals surface area (Å²) in [5.41, 5.74) is 1.39. The number of aromatic nitrogens is 3. The number of nitrogens with one attached hydrogen (secondary N) is 1. The molecular weight excluding hydrogens is 334 g/mol.